The molecule has 1 unspecified atom stereocenters. The quantitative estimate of drug-likeness (QED) is 0.311. The molecule has 0 saturated heterocycles. The average molecular weight is 383 g/mol. The van der Waals surface area contributed by atoms with Crippen molar-refractivity contribution in [1.29, 1.82) is 0 Å². The van der Waals surface area contributed by atoms with Gasteiger partial charge in [-0.15, -0.1) is 24.0 Å². The molecule has 118 valence electrons. The van der Waals surface area contributed by atoms with Crippen LogP contribution in [0.25, 0.3) is 0 Å². The highest BCUT2D eigenvalue weighted by molar-refractivity contribution is 14.0. The van der Waals surface area contributed by atoms with E-state index >= 15 is 0 Å². The number of unbranched alkanes of at least 4 members (excludes halogenated alkanes) is 6. The molecule has 0 aliphatic heterocycles. The van der Waals surface area contributed by atoms with Crippen molar-refractivity contribution in [3.63, 3.8) is 0 Å². The molecule has 0 bridgehead atoms. The summed E-state index contributed by atoms with van der Waals surface area (Å²) in [6.45, 7) is 9.08. The lowest BCUT2D eigenvalue weighted by Gasteiger charge is -2.36. The van der Waals surface area contributed by atoms with Gasteiger partial charge in [0.25, 0.3) is 0 Å². The Labute approximate surface area is 139 Å². The Hall–Kier alpha value is 0.690. The Morgan fingerprint density at radius 1 is 0.789 bits per heavy atom. The van der Waals surface area contributed by atoms with Gasteiger partial charge in [-0.2, -0.15) is 0 Å². The number of hydrogen-bond donors (Lipinski definition) is 1. The van der Waals surface area contributed by atoms with Crippen LogP contribution in [0.4, 0.5) is 0 Å². The highest BCUT2D eigenvalue weighted by Gasteiger charge is 2.29. The van der Waals surface area contributed by atoms with Crippen molar-refractivity contribution < 1.29 is 0 Å². The minimum absolute atomic E-state index is 0. The smallest absolute Gasteiger partial charge is 0.0177 e. The van der Waals surface area contributed by atoms with E-state index in [2.05, 4.69) is 27.7 Å². The molecular formula is C17H38IN. The van der Waals surface area contributed by atoms with Gasteiger partial charge in [-0.05, 0) is 25.2 Å². The largest absolute Gasteiger partial charge is 0.325 e. The van der Waals surface area contributed by atoms with Crippen LogP contribution in [0.5, 0.6) is 0 Å². The Morgan fingerprint density at radius 2 is 1.26 bits per heavy atom. The standard InChI is InChI=1S/C17H37N.HI/c1-5-9-10-11-12-13-14-15-16(6-2)17(18,7-3)8-4;/h16H,5-15,18H2,1-4H3;1H. The molecular weight excluding hydrogens is 345 g/mol. The monoisotopic (exact) mass is 383 g/mol. The van der Waals surface area contributed by atoms with Crippen molar-refractivity contribution >= 4 is 24.0 Å². The molecule has 0 aromatic carbocycles. The lowest BCUT2D eigenvalue weighted by Crippen LogP contribution is -2.45. The van der Waals surface area contributed by atoms with Gasteiger partial charge in [-0.25, -0.2) is 0 Å². The molecule has 1 nitrogen and oxygen atoms in total. The van der Waals surface area contributed by atoms with Crippen molar-refractivity contribution in [3.8, 4) is 0 Å². The summed E-state index contributed by atoms with van der Waals surface area (Å²) >= 11 is 0. The van der Waals surface area contributed by atoms with Gasteiger partial charge in [0.15, 0.2) is 0 Å². The summed E-state index contributed by atoms with van der Waals surface area (Å²) < 4.78 is 0. The van der Waals surface area contributed by atoms with Crippen LogP contribution in [0, 0.1) is 5.92 Å². The van der Waals surface area contributed by atoms with E-state index in [0.29, 0.717) is 0 Å². The second-order valence-electron chi connectivity index (χ2n) is 5.96. The SMILES string of the molecule is CCCCCCCCCC(CC)C(N)(CC)CC.I. The molecule has 0 rings (SSSR count). The van der Waals surface area contributed by atoms with Gasteiger partial charge >= 0.3 is 0 Å². The van der Waals surface area contributed by atoms with Gasteiger partial charge in [0.2, 0.25) is 0 Å². The zero-order valence-corrected chi connectivity index (χ0v) is 16.2. The van der Waals surface area contributed by atoms with E-state index in [9.17, 15) is 0 Å². The zero-order chi connectivity index (χ0) is 13.9. The molecule has 1 atom stereocenters. The third-order valence-corrected chi connectivity index (χ3v) is 4.78. The lowest BCUT2D eigenvalue weighted by atomic mass is 9.76. The molecule has 0 heterocycles. The summed E-state index contributed by atoms with van der Waals surface area (Å²) in [6.07, 6.45) is 14.7. The topological polar surface area (TPSA) is 26.0 Å². The minimum Gasteiger partial charge on any atom is -0.325 e. The first-order valence-electron chi connectivity index (χ1n) is 8.43. The summed E-state index contributed by atoms with van der Waals surface area (Å²) in [6, 6.07) is 0. The first-order chi connectivity index (χ1) is 8.64. The highest BCUT2D eigenvalue weighted by Crippen LogP contribution is 2.30. The molecule has 0 fully saturated rings. The van der Waals surface area contributed by atoms with Crippen LogP contribution in [-0.4, -0.2) is 5.54 Å². The third kappa shape index (κ3) is 9.28. The molecule has 0 amide bonds. The summed E-state index contributed by atoms with van der Waals surface area (Å²) in [7, 11) is 0. The van der Waals surface area contributed by atoms with Crippen molar-refractivity contribution in [2.45, 2.75) is 104 Å². The summed E-state index contributed by atoms with van der Waals surface area (Å²) in [5.74, 6) is 0.725. The maximum absolute atomic E-state index is 6.53. The average Bonchev–Trinajstić information content (AvgIpc) is 2.41. The maximum Gasteiger partial charge on any atom is 0.0177 e. The Balaban J connectivity index is 0. The first-order valence-corrected chi connectivity index (χ1v) is 8.43. The van der Waals surface area contributed by atoms with E-state index in [-0.39, 0.29) is 29.5 Å². The predicted molar refractivity (Wildman–Crippen MR) is 99.3 cm³/mol. The molecule has 0 saturated carbocycles. The van der Waals surface area contributed by atoms with Crippen LogP contribution >= 0.6 is 24.0 Å². The fourth-order valence-corrected chi connectivity index (χ4v) is 3.07. The molecule has 0 aliphatic rings. The summed E-state index contributed by atoms with van der Waals surface area (Å²) in [5.41, 5.74) is 6.63. The second kappa shape index (κ2) is 13.7. The van der Waals surface area contributed by atoms with E-state index in [1.807, 2.05) is 0 Å². The lowest BCUT2D eigenvalue weighted by molar-refractivity contribution is 0.225. The predicted octanol–water partition coefficient (Wildman–Crippen LogP) is 6.29. The van der Waals surface area contributed by atoms with Gasteiger partial charge in [-0.3, -0.25) is 0 Å². The number of nitrogens with two attached hydrogens (primary N) is 1. The Bertz CT molecular complexity index is 178. The van der Waals surface area contributed by atoms with Gasteiger partial charge < -0.3 is 5.73 Å². The van der Waals surface area contributed by atoms with Gasteiger partial charge in [0, 0.05) is 5.54 Å². The van der Waals surface area contributed by atoms with E-state index in [1.54, 1.807) is 0 Å². The zero-order valence-electron chi connectivity index (χ0n) is 13.8. The molecule has 2 heteroatoms. The summed E-state index contributed by atoms with van der Waals surface area (Å²) in [5, 5.41) is 0. The fourth-order valence-electron chi connectivity index (χ4n) is 3.07. The van der Waals surface area contributed by atoms with Crippen LogP contribution in [0.2, 0.25) is 0 Å². The van der Waals surface area contributed by atoms with E-state index in [0.717, 1.165) is 18.8 Å². The number of halogens is 1. The number of rotatable bonds is 12. The molecule has 0 radical (unpaired) electrons. The van der Waals surface area contributed by atoms with Crippen LogP contribution in [0.1, 0.15) is 98.3 Å². The first kappa shape index (κ1) is 22.0. The molecule has 0 aliphatic carbocycles. The van der Waals surface area contributed by atoms with Crippen molar-refractivity contribution in [2.24, 2.45) is 11.7 Å². The normalized spacial score (nSPS) is 13.1. The second-order valence-corrected chi connectivity index (χ2v) is 5.96. The van der Waals surface area contributed by atoms with Crippen LogP contribution in [0.3, 0.4) is 0 Å². The summed E-state index contributed by atoms with van der Waals surface area (Å²) in [4.78, 5) is 0. The Kier molecular flexibility index (Phi) is 15.8. The van der Waals surface area contributed by atoms with Crippen molar-refractivity contribution in [2.75, 3.05) is 0 Å². The van der Waals surface area contributed by atoms with E-state index in [4.69, 9.17) is 5.73 Å². The Morgan fingerprint density at radius 3 is 1.68 bits per heavy atom. The molecule has 19 heavy (non-hydrogen) atoms. The van der Waals surface area contributed by atoms with Crippen molar-refractivity contribution in [3.05, 3.63) is 0 Å². The van der Waals surface area contributed by atoms with Gasteiger partial charge in [0.1, 0.15) is 0 Å². The molecule has 0 aromatic rings. The van der Waals surface area contributed by atoms with E-state index < -0.39 is 0 Å². The van der Waals surface area contributed by atoms with Crippen LogP contribution in [0.15, 0.2) is 0 Å². The molecule has 0 aromatic heterocycles. The molecule has 2 N–H and O–H groups in total. The van der Waals surface area contributed by atoms with Crippen LogP contribution < -0.4 is 5.73 Å². The number of hydrogen-bond acceptors (Lipinski definition) is 1. The fraction of sp³-hybridized carbons (Fsp3) is 1.00. The van der Waals surface area contributed by atoms with Gasteiger partial charge in [-0.1, -0.05) is 79.1 Å². The third-order valence-electron chi connectivity index (χ3n) is 4.78. The minimum atomic E-state index is 0. The van der Waals surface area contributed by atoms with Crippen LogP contribution in [-0.2, 0) is 0 Å². The highest BCUT2D eigenvalue weighted by atomic mass is 127. The van der Waals surface area contributed by atoms with E-state index in [1.165, 1.54) is 57.8 Å². The van der Waals surface area contributed by atoms with Gasteiger partial charge in [0.05, 0.1) is 0 Å². The molecule has 0 spiro atoms. The van der Waals surface area contributed by atoms with Crippen molar-refractivity contribution in [1.82, 2.24) is 0 Å². The maximum atomic E-state index is 6.53.